The third kappa shape index (κ3) is 62.5. The number of unbranched alkanes of at least 4 members (excludes halogenated alkanes) is 14. The highest BCUT2D eigenvalue weighted by atomic mass is 16.5. The Morgan fingerprint density at radius 2 is 0.844 bits per heavy atom. The average Bonchev–Trinajstić information content (AvgIpc) is 3.06. The van der Waals surface area contributed by atoms with Crippen molar-refractivity contribution in [3.05, 3.63) is 36.6 Å². The fraction of sp³-hybridized carbons (Fsp3) is 0.860. The molecule has 0 aliphatic carbocycles. The first kappa shape index (κ1) is 53.5. The van der Waals surface area contributed by atoms with Crippen LogP contribution in [0.25, 0.3) is 0 Å². The van der Waals surface area contributed by atoms with Gasteiger partial charge in [0.2, 0.25) is 0 Å². The van der Waals surface area contributed by atoms with E-state index in [-0.39, 0.29) is 0 Å². The number of ether oxygens (including phenoxy) is 1. The minimum absolute atomic E-state index is 0.361. The first-order valence-electron chi connectivity index (χ1n) is 20.2. The molecule has 0 heterocycles. The summed E-state index contributed by atoms with van der Waals surface area (Å²) < 4.78 is 6.16. The molecule has 0 fully saturated rings. The zero-order valence-electron chi connectivity index (χ0n) is 33.9. The molecule has 0 aromatic heterocycles. The molecule has 2 nitrogen and oxygen atoms in total. The van der Waals surface area contributed by atoms with Crippen molar-refractivity contribution >= 4 is 0 Å². The smallest absolute Gasteiger partial charge is 0.0982 e. The van der Waals surface area contributed by atoms with Gasteiger partial charge < -0.3 is 9.64 Å². The third-order valence-corrected chi connectivity index (χ3v) is 7.16. The summed E-state index contributed by atoms with van der Waals surface area (Å²) in [5, 5.41) is 0. The van der Waals surface area contributed by atoms with E-state index in [4.69, 9.17) is 4.74 Å². The van der Waals surface area contributed by atoms with E-state index in [1.165, 1.54) is 135 Å². The molecule has 0 bridgehead atoms. The Morgan fingerprint density at radius 3 is 1.24 bits per heavy atom. The van der Waals surface area contributed by atoms with Gasteiger partial charge in [0.05, 0.1) is 11.9 Å². The van der Waals surface area contributed by atoms with Gasteiger partial charge in [-0.15, -0.1) is 0 Å². The molecule has 0 aromatic carbocycles. The molecule has 2 heteroatoms. The minimum Gasteiger partial charge on any atom is -0.495 e. The highest BCUT2D eigenvalue weighted by molar-refractivity contribution is 4.86. The summed E-state index contributed by atoms with van der Waals surface area (Å²) in [6.07, 6.45) is 39.4. The quantitative estimate of drug-likeness (QED) is 0.0505. The lowest BCUT2D eigenvalue weighted by Crippen LogP contribution is -2.17. The number of rotatable bonds is 27. The van der Waals surface area contributed by atoms with E-state index < -0.39 is 0 Å². The Bertz CT molecular complexity index is 518. The number of hydrogen-bond acceptors (Lipinski definition) is 2. The summed E-state index contributed by atoms with van der Waals surface area (Å²) in [5.74, 6) is 0.959. The Balaban J connectivity index is -0.000000209. The zero-order valence-corrected chi connectivity index (χ0v) is 33.9. The first-order valence-corrected chi connectivity index (χ1v) is 20.2. The van der Waals surface area contributed by atoms with Crippen LogP contribution in [0.15, 0.2) is 36.6 Å². The fourth-order valence-corrected chi connectivity index (χ4v) is 4.31. The molecule has 1 atom stereocenters. The minimum atomic E-state index is 0.361. The molecule has 0 saturated carbocycles. The van der Waals surface area contributed by atoms with Crippen LogP contribution in [0.1, 0.15) is 217 Å². The van der Waals surface area contributed by atoms with Gasteiger partial charge in [-0.3, -0.25) is 0 Å². The first-order chi connectivity index (χ1) is 21.9. The normalized spacial score (nSPS) is 11.0. The van der Waals surface area contributed by atoms with Gasteiger partial charge in [-0.25, -0.2) is 0 Å². The highest BCUT2D eigenvalue weighted by Gasteiger charge is 2.11. The summed E-state index contributed by atoms with van der Waals surface area (Å²) >= 11 is 0. The van der Waals surface area contributed by atoms with Gasteiger partial charge in [-0.2, -0.15) is 0 Å². The van der Waals surface area contributed by atoms with Crippen molar-refractivity contribution in [2.75, 3.05) is 20.6 Å². The predicted octanol–water partition coefficient (Wildman–Crippen LogP) is 15.7. The number of nitrogens with zero attached hydrogens (tertiary/aromatic N) is 1. The molecule has 0 saturated heterocycles. The molecule has 1 unspecified atom stereocenters. The van der Waals surface area contributed by atoms with Gasteiger partial charge in [0.25, 0.3) is 0 Å². The molecule has 0 spiro atoms. The number of hydrogen-bond donors (Lipinski definition) is 0. The van der Waals surface area contributed by atoms with E-state index in [1.807, 2.05) is 27.7 Å². The predicted molar refractivity (Wildman–Crippen MR) is 214 cm³/mol. The van der Waals surface area contributed by atoms with Gasteiger partial charge in [0.15, 0.2) is 0 Å². The topological polar surface area (TPSA) is 12.5 Å². The van der Waals surface area contributed by atoms with Crippen molar-refractivity contribution in [1.29, 1.82) is 0 Å². The van der Waals surface area contributed by atoms with Crippen LogP contribution in [-0.4, -0.2) is 31.6 Å². The van der Waals surface area contributed by atoms with Gasteiger partial charge >= 0.3 is 0 Å². The van der Waals surface area contributed by atoms with Crippen LogP contribution in [-0.2, 0) is 4.74 Å². The van der Waals surface area contributed by atoms with Crippen LogP contribution in [0.5, 0.6) is 0 Å². The average molecular weight is 638 g/mol. The molecule has 0 aliphatic heterocycles. The maximum Gasteiger partial charge on any atom is 0.0982 e. The summed E-state index contributed by atoms with van der Waals surface area (Å²) in [6.45, 7) is 26.6. The van der Waals surface area contributed by atoms with Crippen LogP contribution in [0, 0.1) is 0 Å². The van der Waals surface area contributed by atoms with E-state index in [1.54, 1.807) is 0 Å². The maximum absolute atomic E-state index is 6.16. The highest BCUT2D eigenvalue weighted by Crippen LogP contribution is 2.18. The molecule has 0 radical (unpaired) electrons. The molecule has 45 heavy (non-hydrogen) atoms. The Morgan fingerprint density at radius 1 is 0.511 bits per heavy atom. The van der Waals surface area contributed by atoms with Gasteiger partial charge in [-0.1, -0.05) is 177 Å². The third-order valence-electron chi connectivity index (χ3n) is 7.16. The van der Waals surface area contributed by atoms with E-state index in [2.05, 4.69) is 91.4 Å². The van der Waals surface area contributed by atoms with E-state index >= 15 is 0 Å². The molecular formula is C43H91NO. The molecule has 274 valence electrons. The lowest BCUT2D eigenvalue weighted by atomic mass is 10.0. The van der Waals surface area contributed by atoms with Crippen LogP contribution in [0.3, 0.4) is 0 Å². The Labute approximate surface area is 289 Å². The van der Waals surface area contributed by atoms with Crippen LogP contribution in [0.4, 0.5) is 0 Å². The van der Waals surface area contributed by atoms with Crippen LogP contribution >= 0.6 is 0 Å². The standard InChI is InChI=1S/C22H43NO.C11H22.C6H14.2C2H6/c1-6-8-10-11-12-13-14-16-18-22(17-15-9-7-2)24-21(3)19-20-23(4)5;1-3-5-7-9-11-10-8-6-4-2;1-3-5-6-4-2;2*1-2/h12-13,22H,3,6-11,14-20H2,1-2,4-5H3;9,11H,3-8,10H2,1-2H3;3-6H2,1-2H3;2*1-2H3/b13-12-;11-9-;;;. The summed E-state index contributed by atoms with van der Waals surface area (Å²) in [5.41, 5.74) is 0. The Hall–Kier alpha value is -1.02. The van der Waals surface area contributed by atoms with E-state index in [0.717, 1.165) is 25.1 Å². The van der Waals surface area contributed by atoms with E-state index in [0.29, 0.717) is 6.10 Å². The van der Waals surface area contributed by atoms with Crippen LogP contribution < -0.4 is 0 Å². The molecule has 0 amide bonds. The Kier molecular flexibility index (Phi) is 65.8. The van der Waals surface area contributed by atoms with E-state index in [9.17, 15) is 0 Å². The van der Waals surface area contributed by atoms with Crippen molar-refractivity contribution < 1.29 is 4.74 Å². The second-order valence-electron chi connectivity index (χ2n) is 12.0. The summed E-state index contributed by atoms with van der Waals surface area (Å²) in [4.78, 5) is 2.18. The zero-order chi connectivity index (χ0) is 35.2. The second-order valence-corrected chi connectivity index (χ2v) is 12.0. The SMILES string of the molecule is C=C(CCN(C)C)OC(CCC/C=C\CCCCC)CCCCC.CC.CC.CCCC/C=C\CCCCC.CCCCCC. The van der Waals surface area contributed by atoms with Crippen molar-refractivity contribution in [3.63, 3.8) is 0 Å². The van der Waals surface area contributed by atoms with Crippen molar-refractivity contribution in [3.8, 4) is 0 Å². The molecule has 0 aliphatic rings. The number of allylic oxidation sites excluding steroid dienone is 4. The second kappa shape index (κ2) is 55.4. The monoisotopic (exact) mass is 638 g/mol. The lowest BCUT2D eigenvalue weighted by molar-refractivity contribution is 0.0891. The van der Waals surface area contributed by atoms with Gasteiger partial charge in [0, 0.05) is 13.0 Å². The van der Waals surface area contributed by atoms with Crippen molar-refractivity contribution in [2.45, 2.75) is 223 Å². The van der Waals surface area contributed by atoms with Crippen molar-refractivity contribution in [2.24, 2.45) is 0 Å². The van der Waals surface area contributed by atoms with Gasteiger partial charge in [0.1, 0.15) is 0 Å². The van der Waals surface area contributed by atoms with Crippen LogP contribution in [0.2, 0.25) is 0 Å². The largest absolute Gasteiger partial charge is 0.495 e. The fourth-order valence-electron chi connectivity index (χ4n) is 4.31. The molecule has 0 aromatic rings. The van der Waals surface area contributed by atoms with Gasteiger partial charge in [-0.05, 0) is 78.3 Å². The summed E-state index contributed by atoms with van der Waals surface area (Å²) in [7, 11) is 4.19. The molecular weight excluding hydrogens is 546 g/mol. The molecule has 0 rings (SSSR count). The lowest BCUT2D eigenvalue weighted by Gasteiger charge is -2.21. The van der Waals surface area contributed by atoms with Crippen molar-refractivity contribution in [1.82, 2.24) is 4.90 Å². The maximum atomic E-state index is 6.16. The molecule has 0 N–H and O–H groups in total. The summed E-state index contributed by atoms with van der Waals surface area (Å²) in [6, 6.07) is 0.